The fraction of sp³-hybridized carbons (Fsp3) is 0.0143. The van der Waals surface area contributed by atoms with Gasteiger partial charge in [0, 0.05) is 47.6 Å². The molecule has 15 rings (SSSR count). The number of thiophene rings is 1. The first-order valence-electron chi connectivity index (χ1n) is 25.4. The third-order valence-electron chi connectivity index (χ3n) is 15.3. The van der Waals surface area contributed by atoms with Crippen LogP contribution in [0.5, 0.6) is 0 Å². The second-order valence-corrected chi connectivity index (χ2v) is 20.5. The van der Waals surface area contributed by atoms with Gasteiger partial charge in [0.15, 0.2) is 17.5 Å². The van der Waals surface area contributed by atoms with Crippen molar-refractivity contribution in [3.8, 4) is 78.7 Å². The van der Waals surface area contributed by atoms with E-state index in [0.29, 0.717) is 17.5 Å². The Kier molecular flexibility index (Phi) is 9.94. The maximum Gasteiger partial charge on any atom is 0.164 e. The molecular formula is C70H43N3OS. The molecule has 0 radical (unpaired) electrons. The van der Waals surface area contributed by atoms with Crippen molar-refractivity contribution in [1.82, 2.24) is 15.0 Å². The van der Waals surface area contributed by atoms with Crippen LogP contribution in [0.1, 0.15) is 22.3 Å². The highest BCUT2D eigenvalue weighted by atomic mass is 32.1. The maximum atomic E-state index is 6.63. The molecule has 0 atom stereocenters. The van der Waals surface area contributed by atoms with Gasteiger partial charge in [-0.1, -0.05) is 224 Å². The van der Waals surface area contributed by atoms with E-state index >= 15 is 0 Å². The van der Waals surface area contributed by atoms with E-state index in [9.17, 15) is 0 Å². The lowest BCUT2D eigenvalue weighted by molar-refractivity contribution is 0.669. The minimum absolute atomic E-state index is 0.461. The maximum absolute atomic E-state index is 6.63. The summed E-state index contributed by atoms with van der Waals surface area (Å²) >= 11 is 1.79. The number of hydrogen-bond donors (Lipinski definition) is 0. The number of hydrogen-bond acceptors (Lipinski definition) is 5. The Morgan fingerprint density at radius 1 is 0.293 bits per heavy atom. The molecule has 3 heterocycles. The van der Waals surface area contributed by atoms with Crippen LogP contribution in [-0.4, -0.2) is 15.0 Å². The van der Waals surface area contributed by atoms with Gasteiger partial charge < -0.3 is 4.42 Å². The summed E-state index contributed by atoms with van der Waals surface area (Å²) in [5.41, 5.74) is 18.4. The molecule has 0 bridgehead atoms. The number of rotatable bonds is 8. The molecule has 11 aromatic carbocycles. The lowest BCUT2D eigenvalue weighted by Gasteiger charge is -2.34. The molecule has 0 fully saturated rings. The van der Waals surface area contributed by atoms with Gasteiger partial charge in [0.2, 0.25) is 0 Å². The van der Waals surface area contributed by atoms with Crippen LogP contribution < -0.4 is 0 Å². The quantitative estimate of drug-likeness (QED) is 0.152. The van der Waals surface area contributed by atoms with Crippen LogP contribution in [0.15, 0.2) is 265 Å². The number of fused-ring (bicyclic) bond motifs is 9. The van der Waals surface area contributed by atoms with E-state index in [1.54, 1.807) is 11.3 Å². The van der Waals surface area contributed by atoms with Crippen molar-refractivity contribution in [2.45, 2.75) is 5.41 Å². The van der Waals surface area contributed by atoms with Gasteiger partial charge >= 0.3 is 0 Å². The van der Waals surface area contributed by atoms with E-state index < -0.39 is 5.41 Å². The Labute approximate surface area is 437 Å². The van der Waals surface area contributed by atoms with Crippen molar-refractivity contribution in [3.63, 3.8) is 0 Å². The Morgan fingerprint density at radius 3 is 1.51 bits per heavy atom. The van der Waals surface area contributed by atoms with E-state index in [4.69, 9.17) is 19.4 Å². The lowest BCUT2D eigenvalue weighted by Crippen LogP contribution is -2.28. The minimum Gasteiger partial charge on any atom is -0.456 e. The first-order chi connectivity index (χ1) is 37.2. The van der Waals surface area contributed by atoms with Crippen molar-refractivity contribution in [2.24, 2.45) is 0 Å². The molecule has 350 valence electrons. The molecule has 4 nitrogen and oxygen atoms in total. The van der Waals surface area contributed by atoms with Crippen molar-refractivity contribution in [2.75, 3.05) is 0 Å². The predicted molar refractivity (Wildman–Crippen MR) is 310 cm³/mol. The van der Waals surface area contributed by atoms with Crippen LogP contribution in [0.25, 0.3) is 121 Å². The van der Waals surface area contributed by atoms with Gasteiger partial charge in [-0.15, -0.1) is 11.3 Å². The summed E-state index contributed by atoms with van der Waals surface area (Å²) in [5.74, 6) is 1.82. The van der Waals surface area contributed by atoms with Crippen LogP contribution in [0, 0.1) is 0 Å². The van der Waals surface area contributed by atoms with Crippen molar-refractivity contribution in [3.05, 3.63) is 283 Å². The molecule has 0 aliphatic heterocycles. The summed E-state index contributed by atoms with van der Waals surface area (Å²) in [4.78, 5) is 15.9. The summed E-state index contributed by atoms with van der Waals surface area (Å²) in [6, 6.07) is 93.6. The van der Waals surface area contributed by atoms with Gasteiger partial charge in [-0.05, 0) is 103 Å². The number of nitrogens with zero attached hydrogens (tertiary/aromatic N) is 3. The zero-order chi connectivity index (χ0) is 49.5. The first kappa shape index (κ1) is 43.1. The summed E-state index contributed by atoms with van der Waals surface area (Å²) < 4.78 is 9.06. The molecule has 14 aromatic rings. The van der Waals surface area contributed by atoms with E-state index in [1.165, 1.54) is 53.7 Å². The summed E-state index contributed by atoms with van der Waals surface area (Å²) in [6.07, 6.45) is 0. The van der Waals surface area contributed by atoms with Gasteiger partial charge in [-0.25, -0.2) is 15.0 Å². The molecule has 3 aromatic heterocycles. The molecule has 0 unspecified atom stereocenters. The van der Waals surface area contributed by atoms with Gasteiger partial charge in [0.05, 0.1) is 5.41 Å². The van der Waals surface area contributed by atoms with Gasteiger partial charge in [0.25, 0.3) is 0 Å². The first-order valence-corrected chi connectivity index (χ1v) is 26.2. The van der Waals surface area contributed by atoms with Crippen LogP contribution in [0.2, 0.25) is 0 Å². The number of furan rings is 1. The largest absolute Gasteiger partial charge is 0.456 e. The Bertz CT molecular complexity index is 4470. The molecule has 75 heavy (non-hydrogen) atoms. The zero-order valence-corrected chi connectivity index (χ0v) is 41.3. The highest BCUT2D eigenvalue weighted by Gasteiger charge is 2.46. The van der Waals surface area contributed by atoms with E-state index in [0.717, 1.165) is 71.8 Å². The zero-order valence-electron chi connectivity index (χ0n) is 40.5. The Hall–Kier alpha value is -9.55. The van der Waals surface area contributed by atoms with Crippen LogP contribution in [-0.2, 0) is 5.41 Å². The average molecular weight is 974 g/mol. The normalized spacial score (nSPS) is 12.6. The fourth-order valence-corrected chi connectivity index (χ4v) is 13.0. The van der Waals surface area contributed by atoms with Crippen molar-refractivity contribution < 1.29 is 4.42 Å². The second-order valence-electron chi connectivity index (χ2n) is 19.4. The summed E-state index contributed by atoms with van der Waals surface area (Å²) in [5, 5.41) is 4.31. The predicted octanol–water partition coefficient (Wildman–Crippen LogP) is 18.5. The van der Waals surface area contributed by atoms with Crippen LogP contribution in [0.4, 0.5) is 0 Å². The Balaban J connectivity index is 0.841. The third-order valence-corrected chi connectivity index (χ3v) is 16.4. The molecule has 1 aliphatic rings. The number of aromatic nitrogens is 3. The van der Waals surface area contributed by atoms with E-state index in [1.807, 2.05) is 18.2 Å². The van der Waals surface area contributed by atoms with Crippen LogP contribution in [0.3, 0.4) is 0 Å². The molecule has 1 aliphatic carbocycles. The summed E-state index contributed by atoms with van der Waals surface area (Å²) in [7, 11) is 0. The fourth-order valence-electron chi connectivity index (χ4n) is 11.8. The topological polar surface area (TPSA) is 51.8 Å². The van der Waals surface area contributed by atoms with Crippen molar-refractivity contribution >= 4 is 53.4 Å². The summed E-state index contributed by atoms with van der Waals surface area (Å²) in [6.45, 7) is 0. The number of benzene rings is 11. The smallest absolute Gasteiger partial charge is 0.164 e. The van der Waals surface area contributed by atoms with Crippen LogP contribution >= 0.6 is 11.3 Å². The highest BCUT2D eigenvalue weighted by molar-refractivity contribution is 7.25. The monoisotopic (exact) mass is 973 g/mol. The molecule has 0 spiro atoms. The molecular weight excluding hydrogens is 931 g/mol. The molecule has 0 N–H and O–H groups in total. The molecule has 0 saturated carbocycles. The molecule has 0 saturated heterocycles. The van der Waals surface area contributed by atoms with E-state index in [2.05, 4.69) is 243 Å². The molecule has 5 heteroatoms. The average Bonchev–Trinajstić information content (AvgIpc) is 4.16. The third kappa shape index (κ3) is 6.93. The van der Waals surface area contributed by atoms with Gasteiger partial charge in [-0.2, -0.15) is 0 Å². The minimum atomic E-state index is -0.461. The van der Waals surface area contributed by atoms with Gasteiger partial charge in [-0.3, -0.25) is 0 Å². The van der Waals surface area contributed by atoms with Crippen molar-refractivity contribution in [1.29, 1.82) is 0 Å². The standard InChI is InChI=1S/C70H43N3OS/c1-4-16-44(17-5-1)45-34-36-48(37-35-45)67-71-68(73-69(72-67)57-25-15-29-64-66(57)55-23-11-13-28-63(55)75-64)56-24-14-27-62-65(56)58-42-49(39-41-61(58)74-62)46-30-32-47(33-31-46)50-38-40-54-53-22-10-12-26-59(53)70(60(54)43-50,51-18-6-2-7-19-51)52-20-8-3-9-21-52/h1-43H. The SMILES string of the molecule is c1ccc(-c2ccc(-c3nc(-c4cccc5oc6ccc(-c7ccc(-c8ccc9c(c8)C(c8ccccc8)(c8ccccc8)c8ccccc8-9)cc7)cc6c45)nc(-c4cccc5sc6ccccc6c45)n3)cc2)cc1. The Morgan fingerprint density at radius 2 is 0.787 bits per heavy atom. The second kappa shape index (κ2) is 17.3. The molecule has 0 amide bonds. The van der Waals surface area contributed by atoms with Gasteiger partial charge in [0.1, 0.15) is 11.2 Å². The highest BCUT2D eigenvalue weighted by Crippen LogP contribution is 2.57. The lowest BCUT2D eigenvalue weighted by atomic mass is 9.67. The van der Waals surface area contributed by atoms with E-state index in [-0.39, 0.29) is 0 Å².